The quantitative estimate of drug-likeness (QED) is 0.787. The van der Waals surface area contributed by atoms with E-state index in [9.17, 15) is 14.7 Å². The van der Waals surface area contributed by atoms with Crippen molar-refractivity contribution < 1.29 is 19.4 Å². The lowest BCUT2D eigenvalue weighted by Crippen LogP contribution is -2.51. The fourth-order valence-electron chi connectivity index (χ4n) is 4.39. The summed E-state index contributed by atoms with van der Waals surface area (Å²) in [5, 5.41) is 12.1. The molecule has 0 fully saturated rings. The molecule has 4 rings (SSSR count). The Morgan fingerprint density at radius 1 is 1.19 bits per heavy atom. The Balaban J connectivity index is 1.66. The SMILES string of the molecule is CC(C)C(NC(=O)N1CCc2nc(-c3ccccc3)c3c(c2C1)CO[C@@H](C)C3)C(=O)O. The third kappa shape index (κ3) is 4.28. The monoisotopic (exact) mass is 423 g/mol. The van der Waals surface area contributed by atoms with Gasteiger partial charge in [0, 0.05) is 37.2 Å². The van der Waals surface area contributed by atoms with Gasteiger partial charge in [-0.3, -0.25) is 4.98 Å². The molecule has 1 aromatic heterocycles. The topological polar surface area (TPSA) is 91.8 Å². The summed E-state index contributed by atoms with van der Waals surface area (Å²) in [5.41, 5.74) is 6.46. The van der Waals surface area contributed by atoms with E-state index in [-0.39, 0.29) is 18.1 Å². The number of nitrogens with one attached hydrogen (secondary N) is 1. The molecule has 2 aliphatic heterocycles. The van der Waals surface area contributed by atoms with Gasteiger partial charge in [-0.15, -0.1) is 0 Å². The van der Waals surface area contributed by atoms with Crippen LogP contribution < -0.4 is 5.32 Å². The number of pyridine rings is 1. The molecule has 2 atom stereocenters. The van der Waals surface area contributed by atoms with Crippen molar-refractivity contribution in [1.29, 1.82) is 0 Å². The molecule has 1 aromatic carbocycles. The van der Waals surface area contributed by atoms with Crippen LogP contribution >= 0.6 is 0 Å². The highest BCUT2D eigenvalue weighted by atomic mass is 16.5. The van der Waals surface area contributed by atoms with Crippen LogP contribution in [0.15, 0.2) is 30.3 Å². The molecule has 1 unspecified atom stereocenters. The van der Waals surface area contributed by atoms with Crippen molar-refractivity contribution in [3.8, 4) is 11.3 Å². The van der Waals surface area contributed by atoms with Crippen LogP contribution in [0.1, 0.15) is 43.2 Å². The van der Waals surface area contributed by atoms with E-state index in [1.807, 2.05) is 18.2 Å². The number of aromatic nitrogens is 1. The summed E-state index contributed by atoms with van der Waals surface area (Å²) >= 11 is 0. The zero-order valence-electron chi connectivity index (χ0n) is 18.2. The predicted octanol–water partition coefficient (Wildman–Crippen LogP) is 3.39. The number of carboxylic acids is 1. The second kappa shape index (κ2) is 8.67. The van der Waals surface area contributed by atoms with Crippen LogP contribution in [0.5, 0.6) is 0 Å². The van der Waals surface area contributed by atoms with E-state index in [1.54, 1.807) is 18.7 Å². The summed E-state index contributed by atoms with van der Waals surface area (Å²) in [7, 11) is 0. The van der Waals surface area contributed by atoms with E-state index in [0.29, 0.717) is 26.1 Å². The first kappa shape index (κ1) is 21.3. The van der Waals surface area contributed by atoms with Crippen LogP contribution in [0.25, 0.3) is 11.3 Å². The molecule has 2 aliphatic rings. The standard InChI is InChI=1S/C24H29N3O4/c1-14(2)21(23(28)29)26-24(30)27-10-9-20-18(12-27)19-13-31-15(3)11-17(19)22(25-20)16-7-5-4-6-8-16/h4-8,14-15,21H,9-13H2,1-3H3,(H,26,30)(H,28,29)/t15-,21?/m0/s1. The van der Waals surface area contributed by atoms with Crippen LogP contribution in [-0.2, 0) is 35.5 Å². The number of hydrogen-bond acceptors (Lipinski definition) is 4. The lowest BCUT2D eigenvalue weighted by atomic mass is 9.88. The number of ether oxygens (including phenoxy) is 1. The van der Waals surface area contributed by atoms with Gasteiger partial charge in [0.05, 0.1) is 18.4 Å². The van der Waals surface area contributed by atoms with Crippen molar-refractivity contribution in [3.63, 3.8) is 0 Å². The Labute approximate surface area is 182 Å². The number of benzene rings is 1. The molecular formula is C24H29N3O4. The second-order valence-corrected chi connectivity index (χ2v) is 8.72. The number of nitrogens with zero attached hydrogens (tertiary/aromatic N) is 2. The third-order valence-electron chi connectivity index (χ3n) is 6.13. The molecule has 0 saturated heterocycles. The maximum absolute atomic E-state index is 12.8. The largest absolute Gasteiger partial charge is 0.480 e. The van der Waals surface area contributed by atoms with Crippen LogP contribution in [0.2, 0.25) is 0 Å². The molecule has 0 radical (unpaired) electrons. The molecule has 164 valence electrons. The van der Waals surface area contributed by atoms with Crippen molar-refractivity contribution in [2.24, 2.45) is 5.92 Å². The lowest BCUT2D eigenvalue weighted by molar-refractivity contribution is -0.140. The van der Waals surface area contributed by atoms with Crippen molar-refractivity contribution in [3.05, 3.63) is 52.7 Å². The molecule has 2 amide bonds. The summed E-state index contributed by atoms with van der Waals surface area (Å²) in [5.74, 6) is -1.22. The second-order valence-electron chi connectivity index (χ2n) is 8.72. The van der Waals surface area contributed by atoms with Gasteiger partial charge in [-0.1, -0.05) is 44.2 Å². The first-order valence-electron chi connectivity index (χ1n) is 10.8. The van der Waals surface area contributed by atoms with Gasteiger partial charge in [0.2, 0.25) is 0 Å². The first-order valence-corrected chi connectivity index (χ1v) is 10.8. The number of aliphatic carboxylic acids is 1. The third-order valence-corrected chi connectivity index (χ3v) is 6.13. The molecule has 2 aromatic rings. The average Bonchev–Trinajstić information content (AvgIpc) is 2.76. The highest BCUT2D eigenvalue weighted by Gasteiger charge is 2.32. The van der Waals surface area contributed by atoms with Gasteiger partial charge >= 0.3 is 12.0 Å². The van der Waals surface area contributed by atoms with Gasteiger partial charge in [0.15, 0.2) is 0 Å². The number of urea groups is 1. The summed E-state index contributed by atoms with van der Waals surface area (Å²) in [6, 6.07) is 8.93. The summed E-state index contributed by atoms with van der Waals surface area (Å²) in [4.78, 5) is 31.0. The van der Waals surface area contributed by atoms with E-state index < -0.39 is 12.0 Å². The smallest absolute Gasteiger partial charge is 0.326 e. The van der Waals surface area contributed by atoms with Crippen molar-refractivity contribution in [2.45, 2.75) is 58.9 Å². The molecule has 0 saturated carbocycles. The van der Waals surface area contributed by atoms with Gasteiger partial charge < -0.3 is 20.1 Å². The number of fused-ring (bicyclic) bond motifs is 3. The molecular weight excluding hydrogens is 394 g/mol. The summed E-state index contributed by atoms with van der Waals surface area (Å²) < 4.78 is 5.96. The predicted molar refractivity (Wildman–Crippen MR) is 117 cm³/mol. The Hall–Kier alpha value is -2.93. The minimum absolute atomic E-state index is 0.111. The normalized spacial score (nSPS) is 18.8. The molecule has 7 heteroatoms. The van der Waals surface area contributed by atoms with Crippen LogP contribution in [0, 0.1) is 5.92 Å². The molecule has 7 nitrogen and oxygen atoms in total. The maximum atomic E-state index is 12.8. The van der Waals surface area contributed by atoms with Crippen molar-refractivity contribution >= 4 is 12.0 Å². The Morgan fingerprint density at radius 2 is 1.94 bits per heavy atom. The molecule has 0 bridgehead atoms. The molecule has 0 aliphatic carbocycles. The lowest BCUT2D eigenvalue weighted by Gasteiger charge is -2.34. The first-order chi connectivity index (χ1) is 14.8. The molecule has 0 spiro atoms. The van der Waals surface area contributed by atoms with E-state index in [4.69, 9.17) is 9.72 Å². The van der Waals surface area contributed by atoms with Crippen LogP contribution in [-0.4, -0.2) is 45.7 Å². The highest BCUT2D eigenvalue weighted by molar-refractivity contribution is 5.83. The molecule has 31 heavy (non-hydrogen) atoms. The number of carbonyl (C=O) groups is 2. The fourth-order valence-corrected chi connectivity index (χ4v) is 4.39. The average molecular weight is 424 g/mol. The molecule has 3 heterocycles. The number of carbonyl (C=O) groups excluding carboxylic acids is 1. The minimum Gasteiger partial charge on any atom is -0.480 e. The van der Waals surface area contributed by atoms with Gasteiger partial charge in [-0.2, -0.15) is 0 Å². The van der Waals surface area contributed by atoms with Crippen LogP contribution in [0.3, 0.4) is 0 Å². The number of amides is 2. The van der Waals surface area contributed by atoms with Gasteiger partial charge in [-0.25, -0.2) is 9.59 Å². The Morgan fingerprint density at radius 3 is 2.61 bits per heavy atom. The van der Waals surface area contributed by atoms with E-state index >= 15 is 0 Å². The van der Waals surface area contributed by atoms with E-state index in [0.717, 1.165) is 34.5 Å². The van der Waals surface area contributed by atoms with E-state index in [1.165, 1.54) is 5.56 Å². The summed E-state index contributed by atoms with van der Waals surface area (Å²) in [6.07, 6.45) is 1.52. The van der Waals surface area contributed by atoms with Gasteiger partial charge in [0.1, 0.15) is 6.04 Å². The number of rotatable bonds is 4. The molecule has 2 N–H and O–H groups in total. The van der Waals surface area contributed by atoms with Gasteiger partial charge in [0.25, 0.3) is 0 Å². The Bertz CT molecular complexity index is 990. The minimum atomic E-state index is -1.02. The van der Waals surface area contributed by atoms with Gasteiger partial charge in [-0.05, 0) is 29.5 Å². The number of hydrogen-bond donors (Lipinski definition) is 2. The van der Waals surface area contributed by atoms with Crippen molar-refractivity contribution in [2.75, 3.05) is 6.54 Å². The highest BCUT2D eigenvalue weighted by Crippen LogP contribution is 2.35. The zero-order valence-corrected chi connectivity index (χ0v) is 18.2. The van der Waals surface area contributed by atoms with Crippen LogP contribution in [0.4, 0.5) is 4.79 Å². The Kier molecular flexibility index (Phi) is 5.96. The summed E-state index contributed by atoms with van der Waals surface area (Å²) in [6.45, 7) is 7.05. The zero-order chi connectivity index (χ0) is 22.1. The maximum Gasteiger partial charge on any atom is 0.326 e. The van der Waals surface area contributed by atoms with E-state index in [2.05, 4.69) is 24.4 Å². The fraction of sp³-hybridized carbons (Fsp3) is 0.458. The number of carboxylic acid groups (broad SMARTS) is 1. The van der Waals surface area contributed by atoms with Crippen molar-refractivity contribution in [1.82, 2.24) is 15.2 Å².